The Bertz CT molecular complexity index is 335. The van der Waals surface area contributed by atoms with Crippen molar-refractivity contribution in [1.82, 2.24) is 9.03 Å². The van der Waals surface area contributed by atoms with Crippen molar-refractivity contribution in [2.45, 2.75) is 46.1 Å². The molecular weight excluding hydrogens is 252 g/mol. The van der Waals surface area contributed by atoms with E-state index in [0.29, 0.717) is 37.8 Å². The van der Waals surface area contributed by atoms with Gasteiger partial charge in [0.25, 0.3) is 10.2 Å². The lowest BCUT2D eigenvalue weighted by atomic mass is 9.94. The standard InChI is InChI=1S/C12H26N2O3S/c1-4-12(5-6-15)13-18(16,17)14-8-10(2)7-11(3)9-14/h10-13,15H,4-9H2,1-3H3. The van der Waals surface area contributed by atoms with Crippen LogP contribution in [0.1, 0.15) is 40.0 Å². The van der Waals surface area contributed by atoms with Gasteiger partial charge in [-0.1, -0.05) is 20.8 Å². The lowest BCUT2D eigenvalue weighted by molar-refractivity contribution is 0.217. The molecule has 108 valence electrons. The average molecular weight is 278 g/mol. The van der Waals surface area contributed by atoms with Crippen LogP contribution in [0.25, 0.3) is 0 Å². The minimum atomic E-state index is -3.41. The summed E-state index contributed by atoms with van der Waals surface area (Å²) < 4.78 is 28.7. The van der Waals surface area contributed by atoms with Crippen LogP contribution in [-0.4, -0.2) is 43.6 Å². The topological polar surface area (TPSA) is 69.6 Å². The second-order valence-corrected chi connectivity index (χ2v) is 7.21. The van der Waals surface area contributed by atoms with Crippen LogP contribution in [-0.2, 0) is 10.2 Å². The summed E-state index contributed by atoms with van der Waals surface area (Å²) in [6.45, 7) is 7.29. The van der Waals surface area contributed by atoms with Gasteiger partial charge in [-0.2, -0.15) is 17.4 Å². The number of piperidine rings is 1. The predicted molar refractivity (Wildman–Crippen MR) is 72.4 cm³/mol. The molecule has 1 aliphatic heterocycles. The van der Waals surface area contributed by atoms with Gasteiger partial charge in [-0.15, -0.1) is 0 Å². The van der Waals surface area contributed by atoms with Crippen molar-refractivity contribution in [1.29, 1.82) is 0 Å². The normalized spacial score (nSPS) is 28.2. The smallest absolute Gasteiger partial charge is 0.279 e. The first-order chi connectivity index (χ1) is 8.39. The van der Waals surface area contributed by atoms with E-state index in [1.165, 1.54) is 0 Å². The molecule has 18 heavy (non-hydrogen) atoms. The molecule has 0 bridgehead atoms. The van der Waals surface area contributed by atoms with E-state index in [0.717, 1.165) is 6.42 Å². The summed E-state index contributed by atoms with van der Waals surface area (Å²) in [5, 5.41) is 8.91. The van der Waals surface area contributed by atoms with Crippen molar-refractivity contribution < 1.29 is 13.5 Å². The molecule has 0 aromatic heterocycles. The molecule has 3 unspecified atom stereocenters. The lowest BCUT2D eigenvalue weighted by Crippen LogP contribution is -2.50. The van der Waals surface area contributed by atoms with E-state index < -0.39 is 10.2 Å². The summed E-state index contributed by atoms with van der Waals surface area (Å²) in [4.78, 5) is 0. The van der Waals surface area contributed by atoms with Gasteiger partial charge in [-0.3, -0.25) is 0 Å². The first kappa shape index (κ1) is 15.9. The Morgan fingerprint density at radius 2 is 1.89 bits per heavy atom. The van der Waals surface area contributed by atoms with Crippen molar-refractivity contribution in [2.75, 3.05) is 19.7 Å². The van der Waals surface area contributed by atoms with Crippen molar-refractivity contribution in [2.24, 2.45) is 11.8 Å². The van der Waals surface area contributed by atoms with Crippen LogP contribution in [0.2, 0.25) is 0 Å². The first-order valence-electron chi connectivity index (χ1n) is 6.77. The molecule has 0 spiro atoms. The van der Waals surface area contributed by atoms with Gasteiger partial charge in [0.1, 0.15) is 0 Å². The summed E-state index contributed by atoms with van der Waals surface area (Å²) in [7, 11) is -3.41. The minimum Gasteiger partial charge on any atom is -0.396 e. The third kappa shape index (κ3) is 4.50. The second kappa shape index (κ2) is 6.84. The van der Waals surface area contributed by atoms with Crippen molar-refractivity contribution in [3.63, 3.8) is 0 Å². The lowest BCUT2D eigenvalue weighted by Gasteiger charge is -2.34. The Kier molecular flexibility index (Phi) is 6.04. The zero-order chi connectivity index (χ0) is 13.8. The zero-order valence-corrected chi connectivity index (χ0v) is 12.4. The summed E-state index contributed by atoms with van der Waals surface area (Å²) in [6, 6.07) is -0.174. The maximum atomic E-state index is 12.3. The molecule has 2 N–H and O–H groups in total. The Labute approximate surface area is 111 Å². The molecule has 6 heteroatoms. The van der Waals surface area contributed by atoms with Crippen LogP contribution in [0.4, 0.5) is 0 Å². The maximum absolute atomic E-state index is 12.3. The Balaban J connectivity index is 2.67. The highest BCUT2D eigenvalue weighted by molar-refractivity contribution is 7.87. The van der Waals surface area contributed by atoms with Gasteiger partial charge in [-0.05, 0) is 31.1 Å². The molecule has 5 nitrogen and oxygen atoms in total. The van der Waals surface area contributed by atoms with E-state index in [1.54, 1.807) is 4.31 Å². The number of nitrogens with one attached hydrogen (secondary N) is 1. The molecule has 0 aromatic carbocycles. The largest absolute Gasteiger partial charge is 0.396 e. The van der Waals surface area contributed by atoms with Crippen molar-refractivity contribution in [3.05, 3.63) is 0 Å². The number of aliphatic hydroxyl groups is 1. The fourth-order valence-corrected chi connectivity index (χ4v) is 4.35. The van der Waals surface area contributed by atoms with Crippen molar-refractivity contribution >= 4 is 10.2 Å². The highest BCUT2D eigenvalue weighted by atomic mass is 32.2. The summed E-state index contributed by atoms with van der Waals surface area (Å²) in [5.41, 5.74) is 0. The fraction of sp³-hybridized carbons (Fsp3) is 1.00. The zero-order valence-electron chi connectivity index (χ0n) is 11.6. The summed E-state index contributed by atoms with van der Waals surface area (Å²) >= 11 is 0. The second-order valence-electron chi connectivity index (χ2n) is 5.50. The van der Waals surface area contributed by atoms with E-state index in [1.807, 2.05) is 6.92 Å². The molecule has 1 fully saturated rings. The molecule has 0 aliphatic carbocycles. The van der Waals surface area contributed by atoms with Crippen LogP contribution in [0.5, 0.6) is 0 Å². The monoisotopic (exact) mass is 278 g/mol. The molecular formula is C12H26N2O3S. The van der Waals surface area contributed by atoms with E-state index in [9.17, 15) is 8.42 Å². The Morgan fingerprint density at radius 1 is 1.33 bits per heavy atom. The molecule has 0 amide bonds. The van der Waals surface area contributed by atoms with Crippen LogP contribution in [0.15, 0.2) is 0 Å². The molecule has 0 aromatic rings. The van der Waals surface area contributed by atoms with Gasteiger partial charge < -0.3 is 5.11 Å². The van der Waals surface area contributed by atoms with E-state index in [4.69, 9.17) is 5.11 Å². The SMILES string of the molecule is CCC(CCO)NS(=O)(=O)N1CC(C)CC(C)C1. The predicted octanol–water partition coefficient (Wildman–Crippen LogP) is 0.960. The molecule has 1 heterocycles. The van der Waals surface area contributed by atoms with Gasteiger partial charge in [0.2, 0.25) is 0 Å². The average Bonchev–Trinajstić information content (AvgIpc) is 2.27. The molecule has 0 saturated carbocycles. The highest BCUT2D eigenvalue weighted by Crippen LogP contribution is 2.22. The minimum absolute atomic E-state index is 0.00777. The first-order valence-corrected chi connectivity index (χ1v) is 8.21. The van der Waals surface area contributed by atoms with Crippen LogP contribution in [0.3, 0.4) is 0 Å². The molecule has 3 atom stereocenters. The van der Waals surface area contributed by atoms with Crippen molar-refractivity contribution in [3.8, 4) is 0 Å². The number of hydrogen-bond acceptors (Lipinski definition) is 3. The molecule has 0 radical (unpaired) electrons. The third-order valence-electron chi connectivity index (χ3n) is 3.46. The summed E-state index contributed by atoms with van der Waals surface area (Å²) in [5.74, 6) is 0.812. The van der Waals surface area contributed by atoms with Crippen LogP contribution >= 0.6 is 0 Å². The Morgan fingerprint density at radius 3 is 2.33 bits per heavy atom. The van der Waals surface area contributed by atoms with E-state index >= 15 is 0 Å². The van der Waals surface area contributed by atoms with Gasteiger partial charge in [0.05, 0.1) is 0 Å². The maximum Gasteiger partial charge on any atom is 0.279 e. The van der Waals surface area contributed by atoms with Gasteiger partial charge in [-0.25, -0.2) is 0 Å². The molecule has 1 rings (SSSR count). The molecule has 1 aliphatic rings. The molecule has 1 saturated heterocycles. The van der Waals surface area contributed by atoms with Gasteiger partial charge in [0.15, 0.2) is 0 Å². The highest BCUT2D eigenvalue weighted by Gasteiger charge is 2.31. The Hall–Kier alpha value is -0.170. The van der Waals surface area contributed by atoms with E-state index in [2.05, 4.69) is 18.6 Å². The number of rotatable bonds is 6. The van der Waals surface area contributed by atoms with Crippen LogP contribution in [0, 0.1) is 11.8 Å². The number of aliphatic hydroxyl groups excluding tert-OH is 1. The number of hydrogen-bond donors (Lipinski definition) is 2. The van der Waals surface area contributed by atoms with Gasteiger partial charge >= 0.3 is 0 Å². The van der Waals surface area contributed by atoms with Gasteiger partial charge in [0, 0.05) is 25.7 Å². The number of nitrogens with zero attached hydrogens (tertiary/aromatic N) is 1. The quantitative estimate of drug-likeness (QED) is 0.760. The van der Waals surface area contributed by atoms with E-state index in [-0.39, 0.29) is 12.6 Å². The third-order valence-corrected chi connectivity index (χ3v) is 5.07. The van der Waals surface area contributed by atoms with Crippen LogP contribution < -0.4 is 4.72 Å². The summed E-state index contributed by atoms with van der Waals surface area (Å²) in [6.07, 6.45) is 2.24. The fourth-order valence-electron chi connectivity index (χ4n) is 2.59.